The lowest BCUT2D eigenvalue weighted by Gasteiger charge is -2.18. The van der Waals surface area contributed by atoms with Crippen molar-refractivity contribution in [3.8, 4) is 0 Å². The molecular weight excluding hydrogens is 310 g/mol. The van der Waals surface area contributed by atoms with E-state index in [1.165, 1.54) is 4.90 Å². The van der Waals surface area contributed by atoms with E-state index in [1.54, 1.807) is 6.92 Å². The van der Waals surface area contributed by atoms with Gasteiger partial charge < -0.3 is 10.0 Å². The van der Waals surface area contributed by atoms with Crippen LogP contribution in [0.4, 0.5) is 0 Å². The predicted molar refractivity (Wildman–Crippen MR) is 74.9 cm³/mol. The largest absolute Gasteiger partial charge is 0.480 e. The first-order chi connectivity index (χ1) is 9.02. The Hall–Kier alpha value is -1.36. The Morgan fingerprint density at radius 3 is 2.79 bits per heavy atom. The molecule has 2 unspecified atom stereocenters. The minimum Gasteiger partial charge on any atom is -0.480 e. The minimum absolute atomic E-state index is 0.0464. The molecule has 1 aliphatic carbocycles. The number of carbonyl (C=O) groups is 2. The second kappa shape index (κ2) is 5.74. The molecule has 2 rings (SSSR count). The number of benzene rings is 1. The van der Waals surface area contributed by atoms with E-state index >= 15 is 0 Å². The molecule has 1 amide bonds. The average molecular weight is 326 g/mol. The molecule has 102 valence electrons. The number of likely N-dealkylation sites (N-methyl/N-ethyl adjacent to an activating group) is 1. The Balaban J connectivity index is 2.02. The highest BCUT2D eigenvalue weighted by atomic mass is 79.9. The van der Waals surface area contributed by atoms with E-state index < -0.39 is 5.97 Å². The molecule has 2 atom stereocenters. The SMILES string of the molecule is CCN(CC(=O)O)C(=O)C1CC1c1cccc(Br)c1. The van der Waals surface area contributed by atoms with Crippen LogP contribution in [0.15, 0.2) is 28.7 Å². The Morgan fingerprint density at radius 2 is 2.21 bits per heavy atom. The van der Waals surface area contributed by atoms with Gasteiger partial charge in [-0.15, -0.1) is 0 Å². The van der Waals surface area contributed by atoms with Gasteiger partial charge in [0.05, 0.1) is 0 Å². The Kier molecular flexibility index (Phi) is 4.24. The molecule has 0 saturated heterocycles. The normalized spacial score (nSPS) is 20.9. The van der Waals surface area contributed by atoms with E-state index in [4.69, 9.17) is 5.11 Å². The van der Waals surface area contributed by atoms with Crippen molar-refractivity contribution in [3.63, 3.8) is 0 Å². The summed E-state index contributed by atoms with van der Waals surface area (Å²) in [5.41, 5.74) is 1.14. The molecule has 4 nitrogen and oxygen atoms in total. The molecule has 1 aliphatic rings. The lowest BCUT2D eigenvalue weighted by atomic mass is 10.1. The van der Waals surface area contributed by atoms with Crippen LogP contribution in [0.2, 0.25) is 0 Å². The molecule has 19 heavy (non-hydrogen) atoms. The minimum atomic E-state index is -0.963. The van der Waals surface area contributed by atoms with Crippen LogP contribution < -0.4 is 0 Å². The van der Waals surface area contributed by atoms with Crippen LogP contribution in [-0.4, -0.2) is 35.0 Å². The molecule has 1 fully saturated rings. The maximum atomic E-state index is 12.2. The summed E-state index contributed by atoms with van der Waals surface area (Å²) in [6.45, 7) is 2.03. The van der Waals surface area contributed by atoms with Gasteiger partial charge in [0, 0.05) is 16.9 Å². The maximum Gasteiger partial charge on any atom is 0.323 e. The number of aliphatic carboxylic acids is 1. The third-order valence-corrected chi connectivity index (χ3v) is 3.90. The van der Waals surface area contributed by atoms with Crippen LogP contribution in [0.25, 0.3) is 0 Å². The Bertz CT molecular complexity index is 503. The predicted octanol–water partition coefficient (Wildman–Crippen LogP) is 2.49. The van der Waals surface area contributed by atoms with Crippen molar-refractivity contribution in [1.82, 2.24) is 4.90 Å². The van der Waals surface area contributed by atoms with Crippen molar-refractivity contribution in [2.24, 2.45) is 5.92 Å². The molecule has 0 aromatic heterocycles. The van der Waals surface area contributed by atoms with E-state index in [0.717, 1.165) is 16.5 Å². The fourth-order valence-corrected chi connectivity index (χ4v) is 2.73. The quantitative estimate of drug-likeness (QED) is 0.904. The highest BCUT2D eigenvalue weighted by Crippen LogP contribution is 2.48. The van der Waals surface area contributed by atoms with Crippen LogP contribution in [-0.2, 0) is 9.59 Å². The average Bonchev–Trinajstić information content (AvgIpc) is 3.15. The van der Waals surface area contributed by atoms with Crippen molar-refractivity contribution in [2.75, 3.05) is 13.1 Å². The number of carboxylic acid groups (broad SMARTS) is 1. The van der Waals surface area contributed by atoms with Crippen LogP contribution in [0.1, 0.15) is 24.8 Å². The highest BCUT2D eigenvalue weighted by molar-refractivity contribution is 9.10. The smallest absolute Gasteiger partial charge is 0.323 e. The molecule has 1 N–H and O–H groups in total. The van der Waals surface area contributed by atoms with Gasteiger partial charge in [0.15, 0.2) is 0 Å². The lowest BCUT2D eigenvalue weighted by Crippen LogP contribution is -2.36. The zero-order valence-electron chi connectivity index (χ0n) is 10.7. The molecule has 0 heterocycles. The molecular formula is C14H16BrNO3. The van der Waals surface area contributed by atoms with Gasteiger partial charge in [-0.05, 0) is 37.0 Å². The summed E-state index contributed by atoms with van der Waals surface area (Å²) in [4.78, 5) is 24.3. The van der Waals surface area contributed by atoms with E-state index in [2.05, 4.69) is 15.9 Å². The van der Waals surface area contributed by atoms with Gasteiger partial charge in [0.2, 0.25) is 5.91 Å². The van der Waals surface area contributed by atoms with E-state index in [0.29, 0.717) is 6.54 Å². The first-order valence-corrected chi connectivity index (χ1v) is 7.08. The number of rotatable bonds is 5. The first-order valence-electron chi connectivity index (χ1n) is 6.29. The third-order valence-electron chi connectivity index (χ3n) is 3.40. The van der Waals surface area contributed by atoms with E-state index in [9.17, 15) is 9.59 Å². The monoisotopic (exact) mass is 325 g/mol. The van der Waals surface area contributed by atoms with Crippen LogP contribution >= 0.6 is 15.9 Å². The number of carbonyl (C=O) groups excluding carboxylic acids is 1. The fourth-order valence-electron chi connectivity index (χ4n) is 2.32. The summed E-state index contributed by atoms with van der Waals surface area (Å²) < 4.78 is 1.00. The zero-order chi connectivity index (χ0) is 14.0. The number of amides is 1. The van der Waals surface area contributed by atoms with Crippen LogP contribution in [0.5, 0.6) is 0 Å². The van der Waals surface area contributed by atoms with Gasteiger partial charge in [-0.2, -0.15) is 0 Å². The Morgan fingerprint density at radius 1 is 1.47 bits per heavy atom. The van der Waals surface area contributed by atoms with Crippen molar-refractivity contribution in [3.05, 3.63) is 34.3 Å². The molecule has 0 aliphatic heterocycles. The third kappa shape index (κ3) is 3.35. The number of hydrogen-bond donors (Lipinski definition) is 1. The lowest BCUT2D eigenvalue weighted by molar-refractivity contribution is -0.144. The zero-order valence-corrected chi connectivity index (χ0v) is 12.3. The highest BCUT2D eigenvalue weighted by Gasteiger charge is 2.45. The Labute approximate surface area is 120 Å². The van der Waals surface area contributed by atoms with Crippen molar-refractivity contribution in [1.29, 1.82) is 0 Å². The molecule has 5 heteroatoms. The topological polar surface area (TPSA) is 57.6 Å². The van der Waals surface area contributed by atoms with Gasteiger partial charge >= 0.3 is 5.97 Å². The molecule has 0 bridgehead atoms. The molecule has 0 radical (unpaired) electrons. The van der Waals surface area contributed by atoms with E-state index in [-0.39, 0.29) is 24.3 Å². The van der Waals surface area contributed by atoms with Gasteiger partial charge in [-0.3, -0.25) is 9.59 Å². The molecule has 1 saturated carbocycles. The number of halogens is 1. The van der Waals surface area contributed by atoms with Gasteiger partial charge in [-0.25, -0.2) is 0 Å². The van der Waals surface area contributed by atoms with Gasteiger partial charge in [0.1, 0.15) is 6.54 Å². The summed E-state index contributed by atoms with van der Waals surface area (Å²) in [7, 11) is 0. The molecule has 0 spiro atoms. The van der Waals surface area contributed by atoms with E-state index in [1.807, 2.05) is 24.3 Å². The van der Waals surface area contributed by atoms with Crippen molar-refractivity contribution < 1.29 is 14.7 Å². The van der Waals surface area contributed by atoms with Crippen LogP contribution in [0, 0.1) is 5.92 Å². The summed E-state index contributed by atoms with van der Waals surface area (Å²) in [6, 6.07) is 7.93. The fraction of sp³-hybridized carbons (Fsp3) is 0.429. The number of nitrogens with zero attached hydrogens (tertiary/aromatic N) is 1. The van der Waals surface area contributed by atoms with Gasteiger partial charge in [-0.1, -0.05) is 28.1 Å². The maximum absolute atomic E-state index is 12.2. The van der Waals surface area contributed by atoms with Crippen molar-refractivity contribution in [2.45, 2.75) is 19.3 Å². The summed E-state index contributed by atoms with van der Waals surface area (Å²) >= 11 is 3.42. The summed E-state index contributed by atoms with van der Waals surface area (Å²) in [5.74, 6) is -0.842. The van der Waals surface area contributed by atoms with Crippen molar-refractivity contribution >= 4 is 27.8 Å². The number of hydrogen-bond acceptors (Lipinski definition) is 2. The molecule has 1 aromatic carbocycles. The summed E-state index contributed by atoms with van der Waals surface area (Å²) in [6.07, 6.45) is 0.811. The second-order valence-electron chi connectivity index (χ2n) is 4.75. The van der Waals surface area contributed by atoms with Gasteiger partial charge in [0.25, 0.3) is 0 Å². The molecule has 1 aromatic rings. The van der Waals surface area contributed by atoms with Crippen LogP contribution in [0.3, 0.4) is 0 Å². The number of carboxylic acids is 1. The summed E-state index contributed by atoms with van der Waals surface area (Å²) in [5, 5.41) is 8.79. The first kappa shape index (κ1) is 14.1. The standard InChI is InChI=1S/C14H16BrNO3/c1-2-16(8-13(17)18)14(19)12-7-11(12)9-4-3-5-10(15)6-9/h3-6,11-12H,2,7-8H2,1H3,(H,17,18). The second-order valence-corrected chi connectivity index (χ2v) is 5.67.